The molecule has 0 unspecified atom stereocenters. The molecule has 0 aliphatic carbocycles. The number of aryl methyl sites for hydroxylation is 1. The highest BCUT2D eigenvalue weighted by molar-refractivity contribution is 6.30. The van der Waals surface area contributed by atoms with Crippen molar-refractivity contribution < 1.29 is 14.3 Å². The average molecular weight is 360 g/mol. The van der Waals surface area contributed by atoms with Gasteiger partial charge in [-0.05, 0) is 32.0 Å². The van der Waals surface area contributed by atoms with Gasteiger partial charge in [-0.15, -0.1) is 5.10 Å². The molecule has 1 atom stereocenters. The van der Waals surface area contributed by atoms with Crippen molar-refractivity contribution in [2.24, 2.45) is 5.92 Å². The fraction of sp³-hybridized carbons (Fsp3) is 0.250. The highest BCUT2D eigenvalue weighted by Crippen LogP contribution is 2.15. The maximum atomic E-state index is 12.1. The van der Waals surface area contributed by atoms with E-state index in [1.165, 1.54) is 11.7 Å². The Morgan fingerprint density at radius 1 is 1.44 bits per heavy atom. The van der Waals surface area contributed by atoms with E-state index in [4.69, 9.17) is 27.0 Å². The Labute approximate surface area is 148 Å². The SMILES string of the molecule is CC(=N)[C@H](C#N)C(=O)COC(=O)c1nn(-c2cccc(Cl)c2)nc1C. The number of nitrogens with one attached hydrogen (secondary N) is 1. The van der Waals surface area contributed by atoms with Gasteiger partial charge in [0, 0.05) is 10.7 Å². The fourth-order valence-electron chi connectivity index (χ4n) is 1.98. The predicted molar refractivity (Wildman–Crippen MR) is 88.9 cm³/mol. The number of hydrogen-bond donors (Lipinski definition) is 1. The van der Waals surface area contributed by atoms with Crippen LogP contribution in [0, 0.1) is 29.6 Å². The van der Waals surface area contributed by atoms with Crippen LogP contribution >= 0.6 is 11.6 Å². The number of benzene rings is 1. The van der Waals surface area contributed by atoms with E-state index in [0.29, 0.717) is 16.4 Å². The summed E-state index contributed by atoms with van der Waals surface area (Å²) in [7, 11) is 0. The zero-order valence-electron chi connectivity index (χ0n) is 13.5. The number of carbonyl (C=O) groups is 2. The van der Waals surface area contributed by atoms with Gasteiger partial charge in [0.2, 0.25) is 0 Å². The third-order valence-electron chi connectivity index (χ3n) is 3.24. The van der Waals surface area contributed by atoms with E-state index in [1.54, 1.807) is 37.3 Å². The molecule has 8 nitrogen and oxygen atoms in total. The predicted octanol–water partition coefficient (Wildman–Crippen LogP) is 2.13. The lowest BCUT2D eigenvalue weighted by molar-refractivity contribution is -0.122. The topological polar surface area (TPSA) is 122 Å². The van der Waals surface area contributed by atoms with E-state index in [2.05, 4.69) is 10.2 Å². The number of carbonyl (C=O) groups excluding carboxylic acids is 2. The molecular formula is C16H14ClN5O3. The Morgan fingerprint density at radius 3 is 2.76 bits per heavy atom. The van der Waals surface area contributed by atoms with Crippen LogP contribution < -0.4 is 0 Å². The number of nitrogens with zero attached hydrogens (tertiary/aromatic N) is 4. The molecule has 0 spiro atoms. The van der Waals surface area contributed by atoms with Gasteiger partial charge in [0.25, 0.3) is 0 Å². The van der Waals surface area contributed by atoms with Crippen LogP contribution in [0.5, 0.6) is 0 Å². The summed E-state index contributed by atoms with van der Waals surface area (Å²) in [6, 6.07) is 8.45. The molecule has 128 valence electrons. The molecule has 0 fully saturated rings. The van der Waals surface area contributed by atoms with E-state index >= 15 is 0 Å². The van der Waals surface area contributed by atoms with E-state index < -0.39 is 24.3 Å². The van der Waals surface area contributed by atoms with Crippen molar-refractivity contribution in [1.29, 1.82) is 10.7 Å². The summed E-state index contributed by atoms with van der Waals surface area (Å²) in [6.07, 6.45) is 0. The number of Topliss-reactive ketones (excluding diaryl/α,β-unsaturated/α-hetero) is 1. The molecule has 0 aliphatic heterocycles. The lowest BCUT2D eigenvalue weighted by Crippen LogP contribution is -2.25. The van der Waals surface area contributed by atoms with Gasteiger partial charge in [-0.25, -0.2) is 4.79 Å². The van der Waals surface area contributed by atoms with Crippen molar-refractivity contribution in [1.82, 2.24) is 15.0 Å². The molecule has 0 saturated carbocycles. The van der Waals surface area contributed by atoms with E-state index in [9.17, 15) is 9.59 Å². The number of rotatable bonds is 6. The summed E-state index contributed by atoms with van der Waals surface area (Å²) in [6.45, 7) is 2.30. The first kappa shape index (κ1) is 18.3. The molecular weight excluding hydrogens is 346 g/mol. The summed E-state index contributed by atoms with van der Waals surface area (Å²) in [4.78, 5) is 25.1. The maximum Gasteiger partial charge on any atom is 0.361 e. The van der Waals surface area contributed by atoms with Gasteiger partial charge >= 0.3 is 5.97 Å². The van der Waals surface area contributed by atoms with Crippen LogP contribution in [0.25, 0.3) is 5.69 Å². The molecule has 0 aliphatic rings. The molecule has 1 heterocycles. The zero-order chi connectivity index (χ0) is 18.6. The second-order valence-corrected chi connectivity index (χ2v) is 5.63. The summed E-state index contributed by atoms with van der Waals surface area (Å²) >= 11 is 5.92. The fourth-order valence-corrected chi connectivity index (χ4v) is 2.17. The van der Waals surface area contributed by atoms with Crippen LogP contribution in [-0.4, -0.2) is 39.1 Å². The third-order valence-corrected chi connectivity index (χ3v) is 3.48. The minimum atomic E-state index is -1.23. The number of aromatic nitrogens is 3. The van der Waals surface area contributed by atoms with Crippen LogP contribution in [-0.2, 0) is 9.53 Å². The standard InChI is InChI=1S/C16H14ClN5O3/c1-9(19)13(7-18)14(23)8-25-16(24)15-10(2)20-22(21-15)12-5-3-4-11(17)6-12/h3-6,13,19H,8H2,1-2H3/t13-/m0/s1. The van der Waals surface area contributed by atoms with Crippen LogP contribution in [0.2, 0.25) is 5.02 Å². The maximum absolute atomic E-state index is 12.1. The molecule has 1 N–H and O–H groups in total. The summed E-state index contributed by atoms with van der Waals surface area (Å²) in [5.41, 5.74) is 0.728. The Balaban J connectivity index is 2.12. The second kappa shape index (κ2) is 7.68. The normalized spacial score (nSPS) is 11.4. The van der Waals surface area contributed by atoms with Gasteiger partial charge in [-0.3, -0.25) is 4.79 Å². The smallest absolute Gasteiger partial charge is 0.361 e. The molecule has 2 rings (SSSR count). The molecule has 9 heteroatoms. The first-order valence-electron chi connectivity index (χ1n) is 7.18. The molecule has 2 aromatic rings. The molecule has 0 saturated heterocycles. The van der Waals surface area contributed by atoms with Gasteiger partial charge in [-0.2, -0.15) is 15.2 Å². The van der Waals surface area contributed by atoms with Crippen molar-refractivity contribution in [3.8, 4) is 11.8 Å². The molecule has 0 amide bonds. The highest BCUT2D eigenvalue weighted by Gasteiger charge is 2.24. The lowest BCUT2D eigenvalue weighted by Gasteiger charge is -2.06. The number of halogens is 1. The largest absolute Gasteiger partial charge is 0.453 e. The first-order chi connectivity index (χ1) is 11.8. The number of ether oxygens (including phenoxy) is 1. The second-order valence-electron chi connectivity index (χ2n) is 5.19. The Bertz CT molecular complexity index is 884. The highest BCUT2D eigenvalue weighted by atomic mass is 35.5. The summed E-state index contributed by atoms with van der Waals surface area (Å²) in [5, 5.41) is 24.9. The molecule has 1 aromatic carbocycles. The minimum absolute atomic E-state index is 0.0483. The Kier molecular flexibility index (Phi) is 5.62. The van der Waals surface area contributed by atoms with Crippen molar-refractivity contribution >= 4 is 29.1 Å². The van der Waals surface area contributed by atoms with Gasteiger partial charge in [0.1, 0.15) is 5.92 Å². The van der Waals surface area contributed by atoms with Crippen molar-refractivity contribution in [3.63, 3.8) is 0 Å². The Morgan fingerprint density at radius 2 is 2.16 bits per heavy atom. The molecule has 1 aromatic heterocycles. The number of nitriles is 1. The van der Waals surface area contributed by atoms with Crippen LogP contribution in [0.15, 0.2) is 24.3 Å². The molecule has 0 bridgehead atoms. The summed E-state index contributed by atoms with van der Waals surface area (Å²) < 4.78 is 4.90. The van der Waals surface area contributed by atoms with E-state index in [-0.39, 0.29) is 11.4 Å². The van der Waals surface area contributed by atoms with Crippen molar-refractivity contribution in [2.75, 3.05) is 6.61 Å². The number of ketones is 1. The van der Waals surface area contributed by atoms with Gasteiger partial charge in [-0.1, -0.05) is 17.7 Å². The van der Waals surface area contributed by atoms with Crippen molar-refractivity contribution in [2.45, 2.75) is 13.8 Å². The monoisotopic (exact) mass is 359 g/mol. The van der Waals surface area contributed by atoms with E-state index in [0.717, 1.165) is 0 Å². The lowest BCUT2D eigenvalue weighted by atomic mass is 10.0. The minimum Gasteiger partial charge on any atom is -0.453 e. The van der Waals surface area contributed by atoms with Crippen LogP contribution in [0.4, 0.5) is 0 Å². The quantitative estimate of drug-likeness (QED) is 0.622. The van der Waals surface area contributed by atoms with Crippen LogP contribution in [0.1, 0.15) is 23.1 Å². The van der Waals surface area contributed by atoms with Gasteiger partial charge in [0.05, 0.1) is 17.5 Å². The third kappa shape index (κ3) is 4.28. The first-order valence-corrected chi connectivity index (χ1v) is 7.55. The number of hydrogen-bond acceptors (Lipinski definition) is 7. The van der Waals surface area contributed by atoms with Gasteiger partial charge < -0.3 is 10.1 Å². The van der Waals surface area contributed by atoms with Crippen LogP contribution in [0.3, 0.4) is 0 Å². The van der Waals surface area contributed by atoms with Gasteiger partial charge in [0.15, 0.2) is 18.1 Å². The molecule has 0 radical (unpaired) electrons. The summed E-state index contributed by atoms with van der Waals surface area (Å²) in [5.74, 6) is -2.72. The average Bonchev–Trinajstić information content (AvgIpc) is 2.95. The number of esters is 1. The van der Waals surface area contributed by atoms with Crippen molar-refractivity contribution in [3.05, 3.63) is 40.7 Å². The molecule has 25 heavy (non-hydrogen) atoms. The van der Waals surface area contributed by atoms with E-state index in [1.807, 2.05) is 0 Å². The zero-order valence-corrected chi connectivity index (χ0v) is 14.2. The Hall–Kier alpha value is -3.05.